The van der Waals surface area contributed by atoms with Crippen molar-refractivity contribution in [2.45, 2.75) is 462 Å². The first-order valence-electron chi connectivity index (χ1n) is 45.5. The predicted octanol–water partition coefficient (Wildman–Crippen LogP) is 39.8. The quantitative estimate of drug-likeness (QED) is 0.0223. The molecule has 0 fully saturated rings. The van der Waals surface area contributed by atoms with Gasteiger partial charge in [0.2, 0.25) is 0 Å². The van der Waals surface area contributed by atoms with Gasteiger partial charge in [-0.1, -0.05) is 450 Å². The molecular formula is C116H232N8. The fourth-order valence-electron chi connectivity index (χ4n) is 12.7. The molecular weight excluding hydrogens is 1510 g/mol. The topological polar surface area (TPSA) is 62.4 Å². The molecule has 0 aliphatic carbocycles. The van der Waals surface area contributed by atoms with E-state index in [2.05, 4.69) is 182 Å². The molecule has 8 nitrogen and oxygen atoms in total. The summed E-state index contributed by atoms with van der Waals surface area (Å²) in [5, 5.41) is 32.1. The number of hydrogen-bond donors (Lipinski definition) is 0. The van der Waals surface area contributed by atoms with Crippen molar-refractivity contribution in [2.24, 2.45) is 20.4 Å². The summed E-state index contributed by atoms with van der Waals surface area (Å²) in [6.45, 7) is 52.9. The van der Waals surface area contributed by atoms with Crippen LogP contribution in [0.4, 0.5) is 0 Å². The van der Waals surface area contributed by atoms with Gasteiger partial charge in [-0.15, -0.1) is 0 Å². The van der Waals surface area contributed by atoms with Crippen LogP contribution < -0.4 is 0 Å². The van der Waals surface area contributed by atoms with Crippen LogP contribution in [0.1, 0.15) is 455 Å². The Balaban J connectivity index is -0.0000000733. The Labute approximate surface area is 786 Å². The van der Waals surface area contributed by atoms with Gasteiger partial charge in [-0.2, -0.15) is 20.4 Å². The number of nitrogens with zero attached hydrogens (tertiary/aromatic N) is 8. The van der Waals surface area contributed by atoms with E-state index in [1.807, 2.05) is 209 Å². The molecule has 0 radical (unpaired) electrons. The van der Waals surface area contributed by atoms with Crippen molar-refractivity contribution in [1.29, 1.82) is 0 Å². The largest absolute Gasteiger partial charge is 0.303 e. The Bertz CT molecular complexity index is 3110. The van der Waals surface area contributed by atoms with Crippen molar-refractivity contribution in [2.75, 3.05) is 56.4 Å². The molecule has 0 aliphatic heterocycles. The van der Waals surface area contributed by atoms with Crippen molar-refractivity contribution >= 4 is 55.2 Å². The van der Waals surface area contributed by atoms with E-state index in [0.717, 1.165) is 42.1 Å². The molecule has 0 heterocycles. The predicted molar refractivity (Wildman–Crippen MR) is 602 cm³/mol. The van der Waals surface area contributed by atoms with Gasteiger partial charge >= 0.3 is 0 Å². The van der Waals surface area contributed by atoms with Gasteiger partial charge in [-0.3, -0.25) is 0 Å². The number of aryl methyl sites for hydroxylation is 8. The summed E-state index contributed by atoms with van der Waals surface area (Å²) >= 11 is 0. The average molecular weight is 1740 g/mol. The van der Waals surface area contributed by atoms with Crippen LogP contribution in [0, 0.1) is 0 Å². The third-order valence-electron chi connectivity index (χ3n) is 17.0. The Morgan fingerprint density at radius 1 is 0.185 bits per heavy atom. The highest BCUT2D eigenvalue weighted by atomic mass is 15.4. The van der Waals surface area contributed by atoms with Gasteiger partial charge in [0.15, 0.2) is 0 Å². The summed E-state index contributed by atoms with van der Waals surface area (Å²) in [7, 11) is 15.3. The van der Waals surface area contributed by atoms with Gasteiger partial charge in [-0.05, 0) is 222 Å². The molecule has 0 aromatic heterocycles. The number of hydrazone groups is 4. The van der Waals surface area contributed by atoms with Crippen LogP contribution in [0.3, 0.4) is 0 Å². The van der Waals surface area contributed by atoms with Crippen LogP contribution in [-0.2, 0) is 51.4 Å². The first-order valence-corrected chi connectivity index (χ1v) is 45.5. The fraction of sp³-hybridized carbons (Fsp3) is 0.655. The molecule has 7 aromatic carbocycles. The summed E-state index contributed by atoms with van der Waals surface area (Å²) < 4.78 is 0. The standard InChI is InChI=1S/C37H48.C33H46.4C5H12N2.7C2H6.12CH4/c1-3-5-7-9-11-18-30-26-28-32(36-24-15-13-22-34(30)36)20-17-21-33-29-27-31(19-12-10-8-6-4-2)35-23-14-16-25-37(33)35;1-3-5-7-9-11-16-28-22-24-29(25-23-28)17-15-19-31-27-26-30(18-12-10-8-6-4-2)32-20-13-14-21-33(31)32;4*1-5(2)6-7(3)4;7*1-2;;;;;;;;;;;;/h13-16,22-29H,3-12,17-21H2,1-2H3;13-14,20-27H,3-12,15-19H2,1-2H3;4*1-4H3;7*1-2H3;12*1H4. The zero-order valence-corrected chi connectivity index (χ0v) is 80.5. The van der Waals surface area contributed by atoms with E-state index in [4.69, 9.17) is 0 Å². The molecule has 0 aliphatic rings. The number of rotatable bonds is 36. The van der Waals surface area contributed by atoms with Gasteiger partial charge in [0.1, 0.15) is 0 Å². The summed E-state index contributed by atoms with van der Waals surface area (Å²) in [5.41, 5.74) is 16.5. The summed E-state index contributed by atoms with van der Waals surface area (Å²) in [4.78, 5) is 0. The van der Waals surface area contributed by atoms with Crippen LogP contribution in [0.15, 0.2) is 154 Å². The first kappa shape index (κ1) is 161. The molecule has 0 N–H and O–H groups in total. The zero-order chi connectivity index (χ0) is 86.3. The molecule has 0 amide bonds. The van der Waals surface area contributed by atoms with E-state index in [9.17, 15) is 0 Å². The lowest BCUT2D eigenvalue weighted by molar-refractivity contribution is 0.437. The summed E-state index contributed by atoms with van der Waals surface area (Å²) in [5.74, 6) is 0. The minimum absolute atomic E-state index is 0. The summed E-state index contributed by atoms with van der Waals surface area (Å²) in [6, 6.07) is 51.2. The van der Waals surface area contributed by atoms with E-state index >= 15 is 0 Å². The maximum Gasteiger partial charge on any atom is 0.0318 e. The normalized spacial score (nSPS) is 8.60. The number of hydrogen-bond acceptors (Lipinski definition) is 8. The highest BCUT2D eigenvalue weighted by Gasteiger charge is 2.11. The Morgan fingerprint density at radius 2 is 0.323 bits per heavy atom. The van der Waals surface area contributed by atoms with E-state index in [-0.39, 0.29) is 89.1 Å². The van der Waals surface area contributed by atoms with Crippen LogP contribution in [0.2, 0.25) is 0 Å². The SMILES string of the molecule is C.C.C.C.C.C.C.C.C.C.C.C.CC.CC.CC.CC.CC.CC.CC.CC(C)=NN(C)C.CC(C)=NN(C)C.CC(C)=NN(C)C.CC(C)=NN(C)C.CCCCCCCc1ccc(CCCc2ccc(CCCCCCC)c3ccccc23)c2ccccc12.CCCCCCCc1ccc(CCCc2ccc(CCCCCCC)c3ccccc23)cc1. The maximum atomic E-state index is 4.03. The van der Waals surface area contributed by atoms with E-state index < -0.39 is 0 Å². The molecule has 0 unspecified atom stereocenters. The molecule has 7 aromatic rings. The van der Waals surface area contributed by atoms with E-state index in [0.29, 0.717) is 0 Å². The van der Waals surface area contributed by atoms with Crippen LogP contribution in [0.5, 0.6) is 0 Å². The number of benzene rings is 7. The third kappa shape index (κ3) is 87.3. The monoisotopic (exact) mass is 1740 g/mol. The fourth-order valence-corrected chi connectivity index (χ4v) is 12.7. The third-order valence-corrected chi connectivity index (χ3v) is 17.0. The first-order chi connectivity index (χ1) is 54.1. The molecule has 8 heteroatoms. The lowest BCUT2D eigenvalue weighted by Gasteiger charge is -2.13. The van der Waals surface area contributed by atoms with Crippen LogP contribution in [-0.4, -0.2) is 99.3 Å². The highest BCUT2D eigenvalue weighted by molar-refractivity contribution is 5.91. The minimum Gasteiger partial charge on any atom is -0.303 e. The average Bonchev–Trinajstić information content (AvgIpc) is 0.812. The van der Waals surface area contributed by atoms with Crippen molar-refractivity contribution in [3.63, 3.8) is 0 Å². The smallest absolute Gasteiger partial charge is 0.0318 e. The Morgan fingerprint density at radius 3 is 0.468 bits per heavy atom. The van der Waals surface area contributed by atoms with Gasteiger partial charge < -0.3 is 20.0 Å². The molecule has 0 saturated heterocycles. The molecule has 0 spiro atoms. The van der Waals surface area contributed by atoms with Gasteiger partial charge in [0.05, 0.1) is 0 Å². The van der Waals surface area contributed by atoms with Crippen LogP contribution >= 0.6 is 0 Å². The van der Waals surface area contributed by atoms with Crippen molar-refractivity contribution < 1.29 is 0 Å². The van der Waals surface area contributed by atoms with Crippen molar-refractivity contribution in [1.82, 2.24) is 20.0 Å². The second-order valence-electron chi connectivity index (χ2n) is 28.5. The summed E-state index contributed by atoms with van der Waals surface area (Å²) in [6.07, 6.45) is 38.9. The zero-order valence-electron chi connectivity index (χ0n) is 80.5. The molecule has 0 atom stereocenters. The minimum atomic E-state index is 0. The highest BCUT2D eigenvalue weighted by Crippen LogP contribution is 2.30. The van der Waals surface area contributed by atoms with E-state index in [1.165, 1.54) is 250 Å². The van der Waals surface area contributed by atoms with Gasteiger partial charge in [0, 0.05) is 79.2 Å². The Hall–Kier alpha value is -6.80. The number of unbranched alkanes of at least 4 members (excludes halogenated alkanes) is 16. The van der Waals surface area contributed by atoms with Crippen molar-refractivity contribution in [3.8, 4) is 0 Å². The van der Waals surface area contributed by atoms with Gasteiger partial charge in [0.25, 0.3) is 0 Å². The second-order valence-corrected chi connectivity index (χ2v) is 28.5. The maximum absolute atomic E-state index is 4.03. The number of fused-ring (bicyclic) bond motifs is 3. The molecule has 0 saturated carbocycles. The van der Waals surface area contributed by atoms with Crippen molar-refractivity contribution in [3.05, 3.63) is 178 Å². The molecule has 736 valence electrons. The van der Waals surface area contributed by atoms with Gasteiger partial charge in [-0.25, -0.2) is 0 Å². The van der Waals surface area contributed by atoms with E-state index in [1.54, 1.807) is 20.0 Å². The van der Waals surface area contributed by atoms with Crippen LogP contribution in [0.25, 0.3) is 32.3 Å². The Kier molecular flexibility index (Phi) is 151. The lowest BCUT2D eigenvalue weighted by Crippen LogP contribution is -2.03. The lowest BCUT2D eigenvalue weighted by atomic mass is 9.91. The molecule has 7 rings (SSSR count). The molecule has 0 bridgehead atoms. The second kappa shape index (κ2) is 116. The molecule has 124 heavy (non-hydrogen) atoms.